The highest BCUT2D eigenvalue weighted by molar-refractivity contribution is 7.47. The number of hydrogen-bond acceptors (Lipinski definition) is 8. The van der Waals surface area contributed by atoms with Crippen molar-refractivity contribution in [2.24, 2.45) is 0 Å². The van der Waals surface area contributed by atoms with Gasteiger partial charge < -0.3 is 24.6 Å². The average molecular weight is 821 g/mol. The van der Waals surface area contributed by atoms with Crippen LogP contribution in [0, 0.1) is 0 Å². The molecule has 0 fully saturated rings. The summed E-state index contributed by atoms with van der Waals surface area (Å²) in [7, 11) is -4.51. The number of aliphatic hydroxyl groups is 2. The number of esters is 1. The van der Waals surface area contributed by atoms with E-state index in [1.165, 1.54) is 193 Å². The maximum absolute atomic E-state index is 12.6. The summed E-state index contributed by atoms with van der Waals surface area (Å²) >= 11 is 0. The zero-order valence-corrected chi connectivity index (χ0v) is 37.8. The Labute approximate surface area is 346 Å². The van der Waals surface area contributed by atoms with Crippen molar-refractivity contribution < 1.29 is 43.0 Å². The van der Waals surface area contributed by atoms with Crippen LogP contribution in [0.3, 0.4) is 0 Å². The Hall–Kier alpha value is -0.540. The van der Waals surface area contributed by atoms with E-state index in [0.29, 0.717) is 6.61 Å². The Balaban J connectivity index is 4.06. The Morgan fingerprint density at radius 3 is 1.16 bits per heavy atom. The highest BCUT2D eigenvalue weighted by Crippen LogP contribution is 2.43. The van der Waals surface area contributed by atoms with Gasteiger partial charge in [0.05, 0.1) is 26.4 Å². The van der Waals surface area contributed by atoms with Crippen LogP contribution >= 0.6 is 7.82 Å². The summed E-state index contributed by atoms with van der Waals surface area (Å²) in [5.41, 5.74) is 0. The fourth-order valence-corrected chi connectivity index (χ4v) is 7.91. The first kappa shape index (κ1) is 55.5. The van der Waals surface area contributed by atoms with Crippen LogP contribution in [0.2, 0.25) is 0 Å². The van der Waals surface area contributed by atoms with E-state index in [9.17, 15) is 19.4 Å². The van der Waals surface area contributed by atoms with Crippen molar-refractivity contribution >= 4 is 13.8 Å². The fourth-order valence-electron chi connectivity index (χ4n) is 7.12. The summed E-state index contributed by atoms with van der Waals surface area (Å²) < 4.78 is 33.5. The molecule has 0 rings (SSSR count). The molecular weight excluding hydrogens is 727 g/mol. The fraction of sp³-hybridized carbons (Fsp3) is 0.978. The number of carbonyl (C=O) groups excluding carboxylic acids is 1. The average Bonchev–Trinajstić information content (AvgIpc) is 3.19. The van der Waals surface area contributed by atoms with Gasteiger partial charge in [0.25, 0.3) is 0 Å². The number of rotatable bonds is 47. The second kappa shape index (κ2) is 44.0. The van der Waals surface area contributed by atoms with Crippen LogP contribution < -0.4 is 0 Å². The molecule has 0 aromatic carbocycles. The van der Waals surface area contributed by atoms with Gasteiger partial charge in [-0.25, -0.2) is 4.57 Å². The minimum atomic E-state index is -4.51. The standard InChI is InChI=1S/C46H93O9P/c1-3-5-7-9-11-13-15-17-19-21-22-24-26-28-30-32-34-36-38-46(49)55-45(43-54-56(50,51)53-41-44(48)40-47)42-52-39-37-35-33-31-29-27-25-23-20-18-16-14-12-10-8-6-4-2/h44-45,47-48H,3-43H2,1-2H3,(H,50,51). The summed E-state index contributed by atoms with van der Waals surface area (Å²) in [4.78, 5) is 22.6. The van der Waals surface area contributed by atoms with E-state index in [1.54, 1.807) is 0 Å². The summed E-state index contributed by atoms with van der Waals surface area (Å²) in [5.74, 6) is -0.374. The molecule has 0 spiro atoms. The zero-order valence-electron chi connectivity index (χ0n) is 36.9. The smallest absolute Gasteiger partial charge is 0.457 e. The van der Waals surface area contributed by atoms with Gasteiger partial charge in [-0.05, 0) is 12.8 Å². The van der Waals surface area contributed by atoms with Crippen LogP contribution in [-0.4, -0.2) is 66.3 Å². The number of unbranched alkanes of at least 4 members (excludes halogenated alkanes) is 33. The molecule has 0 aliphatic carbocycles. The third-order valence-corrected chi connectivity index (χ3v) is 11.7. The third-order valence-electron chi connectivity index (χ3n) is 10.8. The molecule has 3 atom stereocenters. The summed E-state index contributed by atoms with van der Waals surface area (Å²) in [6.45, 7) is 3.59. The highest BCUT2D eigenvalue weighted by atomic mass is 31.2. The van der Waals surface area contributed by atoms with E-state index < -0.39 is 33.2 Å². The van der Waals surface area contributed by atoms with E-state index >= 15 is 0 Å². The van der Waals surface area contributed by atoms with Crippen LogP contribution in [0.1, 0.15) is 245 Å². The lowest BCUT2D eigenvalue weighted by atomic mass is 10.0. The van der Waals surface area contributed by atoms with Crippen molar-refractivity contribution in [3.63, 3.8) is 0 Å². The molecule has 3 N–H and O–H groups in total. The molecule has 0 radical (unpaired) electrons. The molecule has 0 saturated carbocycles. The predicted molar refractivity (Wildman–Crippen MR) is 233 cm³/mol. The molecule has 56 heavy (non-hydrogen) atoms. The number of aliphatic hydroxyl groups excluding tert-OH is 2. The molecule has 0 saturated heterocycles. The van der Waals surface area contributed by atoms with Crippen molar-refractivity contribution in [1.29, 1.82) is 0 Å². The maximum Gasteiger partial charge on any atom is 0.472 e. The molecule has 0 aliphatic heterocycles. The molecular formula is C46H93O9P. The number of phosphoric acid groups is 1. The van der Waals surface area contributed by atoms with Gasteiger partial charge >= 0.3 is 13.8 Å². The van der Waals surface area contributed by atoms with Gasteiger partial charge in [0, 0.05) is 13.0 Å². The van der Waals surface area contributed by atoms with Gasteiger partial charge in [0.15, 0.2) is 0 Å². The lowest BCUT2D eigenvalue weighted by molar-refractivity contribution is -0.154. The number of hydrogen-bond donors (Lipinski definition) is 3. The zero-order chi connectivity index (χ0) is 41.1. The van der Waals surface area contributed by atoms with Crippen molar-refractivity contribution in [1.82, 2.24) is 0 Å². The van der Waals surface area contributed by atoms with Gasteiger partial charge in [0.2, 0.25) is 0 Å². The van der Waals surface area contributed by atoms with Crippen molar-refractivity contribution in [2.75, 3.05) is 33.0 Å². The van der Waals surface area contributed by atoms with E-state index in [-0.39, 0.29) is 25.6 Å². The van der Waals surface area contributed by atoms with Gasteiger partial charge in [-0.3, -0.25) is 13.8 Å². The van der Waals surface area contributed by atoms with Crippen LogP contribution in [0.4, 0.5) is 0 Å². The molecule has 0 amide bonds. The Morgan fingerprint density at radius 1 is 0.482 bits per heavy atom. The number of carbonyl (C=O) groups is 1. The first-order chi connectivity index (χ1) is 27.3. The van der Waals surface area contributed by atoms with Gasteiger partial charge in [0.1, 0.15) is 12.2 Å². The van der Waals surface area contributed by atoms with E-state index in [0.717, 1.165) is 32.1 Å². The Kier molecular flexibility index (Phi) is 43.6. The van der Waals surface area contributed by atoms with E-state index in [1.807, 2.05) is 0 Å². The maximum atomic E-state index is 12.6. The molecule has 0 aromatic heterocycles. The summed E-state index contributed by atoms with van der Waals surface area (Å²) in [6, 6.07) is 0. The van der Waals surface area contributed by atoms with Crippen LogP contribution in [-0.2, 0) is 27.9 Å². The normalized spacial score (nSPS) is 13.9. The van der Waals surface area contributed by atoms with Crippen molar-refractivity contribution in [3.05, 3.63) is 0 Å². The number of ether oxygens (including phenoxy) is 2. The molecule has 9 nitrogen and oxygen atoms in total. The molecule has 0 heterocycles. The van der Waals surface area contributed by atoms with E-state index in [4.69, 9.17) is 23.6 Å². The van der Waals surface area contributed by atoms with E-state index in [2.05, 4.69) is 13.8 Å². The van der Waals surface area contributed by atoms with Gasteiger partial charge in [-0.2, -0.15) is 0 Å². The Morgan fingerprint density at radius 2 is 0.804 bits per heavy atom. The number of phosphoric ester groups is 1. The van der Waals surface area contributed by atoms with Crippen LogP contribution in [0.15, 0.2) is 0 Å². The topological polar surface area (TPSA) is 132 Å². The summed E-state index contributed by atoms with van der Waals surface area (Å²) in [6.07, 6.45) is 43.4. The Bertz CT molecular complexity index is 845. The third kappa shape index (κ3) is 43.0. The predicted octanol–water partition coefficient (Wildman–Crippen LogP) is 13.5. The quantitative estimate of drug-likeness (QED) is 0.0312. The van der Waals surface area contributed by atoms with Crippen LogP contribution in [0.25, 0.3) is 0 Å². The first-order valence-electron chi connectivity index (χ1n) is 24.0. The lowest BCUT2D eigenvalue weighted by Crippen LogP contribution is -2.29. The van der Waals surface area contributed by atoms with Crippen LogP contribution in [0.5, 0.6) is 0 Å². The molecule has 0 aliphatic rings. The minimum Gasteiger partial charge on any atom is -0.457 e. The minimum absolute atomic E-state index is 0.0585. The molecule has 0 bridgehead atoms. The van der Waals surface area contributed by atoms with Crippen molar-refractivity contribution in [3.8, 4) is 0 Å². The molecule has 336 valence electrons. The second-order valence-electron chi connectivity index (χ2n) is 16.5. The van der Waals surface area contributed by atoms with Gasteiger partial charge in [-0.15, -0.1) is 0 Å². The first-order valence-corrected chi connectivity index (χ1v) is 25.5. The highest BCUT2D eigenvalue weighted by Gasteiger charge is 2.26. The summed E-state index contributed by atoms with van der Waals surface area (Å²) in [5, 5.41) is 18.4. The SMILES string of the molecule is CCCCCCCCCCCCCCCCCCCCC(=O)OC(COCCCCCCCCCCCCCCCCCCC)COP(=O)(O)OCC(O)CO. The molecule has 0 aromatic rings. The van der Waals surface area contributed by atoms with Gasteiger partial charge in [-0.1, -0.05) is 226 Å². The molecule has 10 heteroatoms. The van der Waals surface area contributed by atoms with Crippen molar-refractivity contribution in [2.45, 2.75) is 257 Å². The monoisotopic (exact) mass is 821 g/mol. The molecule has 3 unspecified atom stereocenters. The largest absolute Gasteiger partial charge is 0.472 e. The lowest BCUT2D eigenvalue weighted by Gasteiger charge is -2.20. The second-order valence-corrected chi connectivity index (χ2v) is 18.0.